The molecule has 0 fully saturated rings. The molecule has 0 aromatic heterocycles. The van der Waals surface area contributed by atoms with Crippen molar-refractivity contribution < 1.29 is 37.5 Å². The number of rotatable bonds is 34. The molecular weight excluding hydrogens is 479 g/mol. The highest BCUT2D eigenvalue weighted by atomic mass is 19.1. The highest BCUT2D eigenvalue weighted by Crippen LogP contribution is 2.12. The van der Waals surface area contributed by atoms with Crippen molar-refractivity contribution in [3.63, 3.8) is 0 Å². The molecule has 8 heteroatoms. The van der Waals surface area contributed by atoms with E-state index in [2.05, 4.69) is 6.92 Å². The first-order valence-electron chi connectivity index (χ1n) is 15.0. The first-order chi connectivity index (χ1) is 18.4. The first-order valence-corrected chi connectivity index (χ1v) is 15.0. The molecule has 0 rings (SSSR count). The van der Waals surface area contributed by atoms with E-state index in [9.17, 15) is 4.39 Å². The van der Waals surface area contributed by atoms with E-state index >= 15 is 0 Å². The molecule has 0 atom stereocenters. The van der Waals surface area contributed by atoms with E-state index < -0.39 is 6.67 Å². The lowest BCUT2D eigenvalue weighted by Gasteiger charge is -2.08. The summed E-state index contributed by atoms with van der Waals surface area (Å²) in [6.07, 6.45) is 17.8. The molecule has 0 aromatic rings. The molecule has 0 aliphatic carbocycles. The van der Waals surface area contributed by atoms with E-state index in [-0.39, 0.29) is 6.61 Å². The van der Waals surface area contributed by atoms with Gasteiger partial charge in [-0.25, -0.2) is 4.39 Å². The zero-order valence-corrected chi connectivity index (χ0v) is 24.0. The lowest BCUT2D eigenvalue weighted by atomic mass is 10.0. The van der Waals surface area contributed by atoms with Crippen LogP contribution >= 0.6 is 0 Å². The van der Waals surface area contributed by atoms with Crippen molar-refractivity contribution >= 4 is 0 Å². The maximum absolute atomic E-state index is 11.8. The summed E-state index contributed by atoms with van der Waals surface area (Å²) in [6.45, 7) is 9.16. The van der Waals surface area contributed by atoms with Crippen LogP contribution in [0.25, 0.3) is 0 Å². The smallest absolute Gasteiger partial charge is 0.113 e. The molecule has 0 spiro atoms. The fourth-order valence-electron chi connectivity index (χ4n) is 3.70. The Hall–Kier alpha value is -0.350. The van der Waals surface area contributed by atoms with E-state index in [1.165, 1.54) is 77.0 Å². The number of ether oxygens (including phenoxy) is 7. The van der Waals surface area contributed by atoms with Gasteiger partial charge in [0.1, 0.15) is 6.67 Å². The topological polar surface area (TPSA) is 64.6 Å². The van der Waals surface area contributed by atoms with Crippen LogP contribution in [0.4, 0.5) is 4.39 Å². The first kappa shape index (κ1) is 36.6. The summed E-state index contributed by atoms with van der Waals surface area (Å²) in [6, 6.07) is 0. The molecule has 0 unspecified atom stereocenters. The van der Waals surface area contributed by atoms with Crippen molar-refractivity contribution in [2.24, 2.45) is 0 Å². The third-order valence-electron chi connectivity index (χ3n) is 5.85. The van der Waals surface area contributed by atoms with Gasteiger partial charge < -0.3 is 33.2 Å². The normalized spacial score (nSPS) is 11.5. The van der Waals surface area contributed by atoms with E-state index in [0.29, 0.717) is 79.3 Å². The molecule has 0 aliphatic rings. The van der Waals surface area contributed by atoms with Crippen molar-refractivity contribution in [2.45, 2.75) is 90.4 Å². The highest BCUT2D eigenvalue weighted by molar-refractivity contribution is 4.49. The molecule has 0 aromatic carbocycles. The Bertz CT molecular complexity index is 357. The zero-order chi connectivity index (χ0) is 26.7. The van der Waals surface area contributed by atoms with Gasteiger partial charge in [-0.1, -0.05) is 84.0 Å². The summed E-state index contributed by atoms with van der Waals surface area (Å²) in [5.41, 5.74) is 0. The summed E-state index contributed by atoms with van der Waals surface area (Å²) < 4.78 is 49.5. The molecule has 0 aliphatic heterocycles. The number of hydrogen-bond donors (Lipinski definition) is 0. The summed E-state index contributed by atoms with van der Waals surface area (Å²) >= 11 is 0. The fraction of sp³-hybridized carbons (Fsp3) is 1.00. The maximum atomic E-state index is 11.8. The van der Waals surface area contributed by atoms with Crippen LogP contribution in [0.3, 0.4) is 0 Å². The van der Waals surface area contributed by atoms with Gasteiger partial charge in [-0.05, 0) is 6.42 Å². The van der Waals surface area contributed by atoms with Gasteiger partial charge in [-0.3, -0.25) is 0 Å². The van der Waals surface area contributed by atoms with Gasteiger partial charge in [0.15, 0.2) is 0 Å². The van der Waals surface area contributed by atoms with E-state index in [1.807, 2.05) is 0 Å². The van der Waals surface area contributed by atoms with Crippen LogP contribution in [-0.4, -0.2) is 99.2 Å². The minimum Gasteiger partial charge on any atom is -0.379 e. The van der Waals surface area contributed by atoms with Crippen LogP contribution in [0.2, 0.25) is 0 Å². The van der Waals surface area contributed by atoms with Crippen LogP contribution in [0.15, 0.2) is 0 Å². The fourth-order valence-corrected chi connectivity index (χ4v) is 3.70. The molecule has 224 valence electrons. The van der Waals surface area contributed by atoms with Gasteiger partial charge in [0, 0.05) is 6.61 Å². The van der Waals surface area contributed by atoms with Crippen molar-refractivity contribution in [3.05, 3.63) is 0 Å². The van der Waals surface area contributed by atoms with Gasteiger partial charge in [-0.2, -0.15) is 0 Å². The lowest BCUT2D eigenvalue weighted by molar-refractivity contribution is -0.0208. The minimum atomic E-state index is -0.461. The average molecular weight is 539 g/mol. The highest BCUT2D eigenvalue weighted by Gasteiger charge is 1.96. The zero-order valence-electron chi connectivity index (χ0n) is 24.0. The van der Waals surface area contributed by atoms with E-state index in [4.69, 9.17) is 33.2 Å². The second-order valence-corrected chi connectivity index (χ2v) is 9.22. The van der Waals surface area contributed by atoms with E-state index in [1.54, 1.807) is 0 Å². The molecule has 0 bridgehead atoms. The minimum absolute atomic E-state index is 0.127. The Kier molecular flexibility index (Phi) is 35.3. The Labute approximate surface area is 227 Å². The molecule has 0 heterocycles. The second-order valence-electron chi connectivity index (χ2n) is 9.22. The predicted octanol–water partition coefficient (Wildman–Crippen LogP) is 6.16. The monoisotopic (exact) mass is 538 g/mol. The van der Waals surface area contributed by atoms with Crippen molar-refractivity contribution in [1.29, 1.82) is 0 Å². The Morgan fingerprint density at radius 3 is 0.838 bits per heavy atom. The van der Waals surface area contributed by atoms with Crippen LogP contribution in [0, 0.1) is 0 Å². The molecule has 7 nitrogen and oxygen atoms in total. The molecule has 0 N–H and O–H groups in total. The summed E-state index contributed by atoms with van der Waals surface area (Å²) in [5.74, 6) is 0. The van der Waals surface area contributed by atoms with Gasteiger partial charge in [-0.15, -0.1) is 0 Å². The molecule has 0 amide bonds. The number of unbranched alkanes of at least 4 members (excludes halogenated alkanes) is 12. The van der Waals surface area contributed by atoms with Gasteiger partial charge in [0.05, 0.1) is 85.9 Å². The SMILES string of the molecule is CCCCCCCCCCCCCCCOCCOCCOCCOCCOCCOCCOCCF. The largest absolute Gasteiger partial charge is 0.379 e. The third-order valence-corrected chi connectivity index (χ3v) is 5.85. The van der Waals surface area contributed by atoms with Crippen molar-refractivity contribution in [1.82, 2.24) is 0 Å². The second kappa shape index (κ2) is 35.6. The summed E-state index contributed by atoms with van der Waals surface area (Å²) in [7, 11) is 0. The van der Waals surface area contributed by atoms with Gasteiger partial charge >= 0.3 is 0 Å². The quantitative estimate of drug-likeness (QED) is 0.0909. The Morgan fingerprint density at radius 2 is 0.541 bits per heavy atom. The third kappa shape index (κ3) is 35.6. The number of alkyl halides is 1. The molecule has 37 heavy (non-hydrogen) atoms. The van der Waals surface area contributed by atoms with Crippen LogP contribution in [0.1, 0.15) is 90.4 Å². The van der Waals surface area contributed by atoms with Crippen molar-refractivity contribution in [2.75, 3.05) is 99.2 Å². The number of hydrogen-bond acceptors (Lipinski definition) is 7. The summed E-state index contributed by atoms with van der Waals surface area (Å²) in [4.78, 5) is 0. The number of halogens is 1. The summed E-state index contributed by atoms with van der Waals surface area (Å²) in [5, 5.41) is 0. The molecule has 0 saturated heterocycles. The molecular formula is C29H59FO7. The Morgan fingerprint density at radius 1 is 0.297 bits per heavy atom. The van der Waals surface area contributed by atoms with Crippen LogP contribution in [0.5, 0.6) is 0 Å². The van der Waals surface area contributed by atoms with Gasteiger partial charge in [0.25, 0.3) is 0 Å². The lowest BCUT2D eigenvalue weighted by Crippen LogP contribution is -2.14. The van der Waals surface area contributed by atoms with Gasteiger partial charge in [0.2, 0.25) is 0 Å². The standard InChI is InChI=1S/C29H59FO7/c1-2-3-4-5-6-7-8-9-10-11-12-13-14-16-31-18-20-33-22-24-35-26-28-37-29-27-36-25-23-34-21-19-32-17-15-30/h2-29H2,1H3. The van der Waals surface area contributed by atoms with E-state index in [0.717, 1.165) is 13.0 Å². The van der Waals surface area contributed by atoms with Crippen LogP contribution in [-0.2, 0) is 33.2 Å². The predicted molar refractivity (Wildman–Crippen MR) is 147 cm³/mol. The maximum Gasteiger partial charge on any atom is 0.113 e. The Balaban J connectivity index is 3.00. The molecule has 0 radical (unpaired) electrons. The van der Waals surface area contributed by atoms with Crippen LogP contribution < -0.4 is 0 Å². The molecule has 0 saturated carbocycles. The van der Waals surface area contributed by atoms with Crippen molar-refractivity contribution in [3.8, 4) is 0 Å². The average Bonchev–Trinajstić information content (AvgIpc) is 2.91.